The number of hydrogen-bond donors (Lipinski definition) is 0. The first kappa shape index (κ1) is 20.5. The second kappa shape index (κ2) is 9.28. The number of fused-ring (bicyclic) bond motifs is 2. The lowest BCUT2D eigenvalue weighted by molar-refractivity contribution is 0.417. The molecular formula is C25H33BrO. The predicted molar refractivity (Wildman–Crippen MR) is 120 cm³/mol. The molecule has 0 saturated carbocycles. The average molecular weight is 429 g/mol. The fourth-order valence-electron chi connectivity index (χ4n) is 4.06. The smallest absolute Gasteiger partial charge is 0.131 e. The van der Waals surface area contributed by atoms with Crippen LogP contribution < -0.4 is 4.74 Å². The van der Waals surface area contributed by atoms with Crippen LogP contribution in [0.1, 0.15) is 81.5 Å². The maximum Gasteiger partial charge on any atom is 0.131 e. The Hall–Kier alpha value is -1.28. The van der Waals surface area contributed by atoms with Gasteiger partial charge in [-0.25, -0.2) is 0 Å². The molecule has 0 N–H and O–H groups in total. The average Bonchev–Trinajstić information content (AvgIpc) is 2.66. The van der Waals surface area contributed by atoms with Crippen LogP contribution in [0.3, 0.4) is 0 Å². The number of alkyl halides is 1. The summed E-state index contributed by atoms with van der Waals surface area (Å²) in [6, 6.07) is 13.6. The minimum atomic E-state index is -0.0183. The van der Waals surface area contributed by atoms with Crippen LogP contribution in [0.15, 0.2) is 36.4 Å². The summed E-state index contributed by atoms with van der Waals surface area (Å²) in [5.74, 6) is 2.05. The zero-order valence-electron chi connectivity index (χ0n) is 17.1. The van der Waals surface area contributed by atoms with Gasteiger partial charge in [-0.1, -0.05) is 80.2 Å². The van der Waals surface area contributed by atoms with Crippen LogP contribution >= 0.6 is 15.9 Å². The third-order valence-electron chi connectivity index (χ3n) is 5.82. The van der Waals surface area contributed by atoms with E-state index in [1.54, 1.807) is 0 Å². The summed E-state index contributed by atoms with van der Waals surface area (Å²) in [5.41, 5.74) is 5.52. The Morgan fingerprint density at radius 2 is 1.33 bits per heavy atom. The summed E-state index contributed by atoms with van der Waals surface area (Å²) in [6.45, 7) is 6.95. The maximum absolute atomic E-state index is 6.29. The van der Waals surface area contributed by atoms with Crippen LogP contribution in [0, 0.1) is 0 Å². The van der Waals surface area contributed by atoms with Crippen molar-refractivity contribution in [2.45, 2.75) is 77.6 Å². The first-order valence-electron chi connectivity index (χ1n) is 10.6. The normalized spacial score (nSPS) is 14.4. The van der Waals surface area contributed by atoms with Crippen molar-refractivity contribution in [2.24, 2.45) is 0 Å². The van der Waals surface area contributed by atoms with Crippen molar-refractivity contribution in [3.63, 3.8) is 0 Å². The first-order chi connectivity index (χ1) is 13.1. The molecule has 0 spiro atoms. The van der Waals surface area contributed by atoms with Gasteiger partial charge in [0.15, 0.2) is 0 Å². The highest BCUT2D eigenvalue weighted by Crippen LogP contribution is 2.48. The molecule has 27 heavy (non-hydrogen) atoms. The van der Waals surface area contributed by atoms with Gasteiger partial charge < -0.3 is 4.74 Å². The Balaban J connectivity index is 1.82. The van der Waals surface area contributed by atoms with E-state index in [0.29, 0.717) is 0 Å². The van der Waals surface area contributed by atoms with E-state index in [4.69, 9.17) is 4.74 Å². The maximum atomic E-state index is 6.29. The van der Waals surface area contributed by atoms with Gasteiger partial charge in [0.1, 0.15) is 11.5 Å². The molecule has 0 unspecified atom stereocenters. The van der Waals surface area contributed by atoms with E-state index in [2.05, 4.69) is 73.1 Å². The minimum absolute atomic E-state index is 0.0183. The predicted octanol–water partition coefficient (Wildman–Crippen LogP) is 7.96. The van der Waals surface area contributed by atoms with Crippen LogP contribution in [0.5, 0.6) is 11.5 Å². The molecule has 0 aliphatic carbocycles. The molecule has 1 heterocycles. The highest BCUT2D eigenvalue weighted by Gasteiger charge is 2.34. The fourth-order valence-corrected chi connectivity index (χ4v) is 4.46. The van der Waals surface area contributed by atoms with E-state index in [1.165, 1.54) is 60.8 Å². The fraction of sp³-hybridized carbons (Fsp3) is 0.520. The van der Waals surface area contributed by atoms with E-state index in [-0.39, 0.29) is 5.41 Å². The van der Waals surface area contributed by atoms with E-state index >= 15 is 0 Å². The van der Waals surface area contributed by atoms with Gasteiger partial charge in [0.05, 0.1) is 0 Å². The van der Waals surface area contributed by atoms with E-state index in [1.807, 2.05) is 0 Å². The number of ether oxygens (including phenoxy) is 1. The summed E-state index contributed by atoms with van der Waals surface area (Å²) < 4.78 is 6.29. The number of rotatable bonds is 9. The molecule has 1 aliphatic rings. The van der Waals surface area contributed by atoms with Gasteiger partial charge in [0.25, 0.3) is 0 Å². The number of aryl methyl sites for hydroxylation is 2. The van der Waals surface area contributed by atoms with Gasteiger partial charge in [-0.3, -0.25) is 0 Å². The number of hydrogen-bond acceptors (Lipinski definition) is 1. The standard InChI is InChI=1S/C25H33BrO/c1-4-5-7-10-19-12-14-23-21(17-19)25(2,3)22-18-20(11-8-6-9-16-26)13-15-24(22)27-23/h12-15,17-18H,4-11,16H2,1-3H3. The Labute approximate surface area is 173 Å². The van der Waals surface area contributed by atoms with Crippen molar-refractivity contribution < 1.29 is 4.74 Å². The molecule has 1 nitrogen and oxygen atoms in total. The SMILES string of the molecule is CCCCCc1ccc2c(c1)C(C)(C)c1cc(CCCCCBr)ccc1O2. The molecule has 3 rings (SSSR count). The molecule has 0 radical (unpaired) electrons. The van der Waals surface area contributed by atoms with E-state index in [9.17, 15) is 0 Å². The summed E-state index contributed by atoms with van der Waals surface area (Å²) in [7, 11) is 0. The van der Waals surface area contributed by atoms with Gasteiger partial charge in [-0.2, -0.15) is 0 Å². The third-order valence-corrected chi connectivity index (χ3v) is 6.38. The Kier molecular flexibility index (Phi) is 7.03. The summed E-state index contributed by atoms with van der Waals surface area (Å²) in [6.07, 6.45) is 9.96. The van der Waals surface area contributed by atoms with Crippen molar-refractivity contribution in [3.8, 4) is 11.5 Å². The van der Waals surface area contributed by atoms with E-state index in [0.717, 1.165) is 29.7 Å². The van der Waals surface area contributed by atoms with Crippen LogP contribution in [-0.2, 0) is 18.3 Å². The summed E-state index contributed by atoms with van der Waals surface area (Å²) in [4.78, 5) is 0. The lowest BCUT2D eigenvalue weighted by Crippen LogP contribution is -2.24. The molecule has 0 aromatic heterocycles. The zero-order chi connectivity index (χ0) is 19.3. The highest BCUT2D eigenvalue weighted by atomic mass is 79.9. The summed E-state index contributed by atoms with van der Waals surface area (Å²) in [5, 5.41) is 1.11. The van der Waals surface area contributed by atoms with Gasteiger partial charge in [-0.15, -0.1) is 0 Å². The second-order valence-corrected chi connectivity index (χ2v) is 9.14. The molecule has 0 amide bonds. The molecule has 0 bridgehead atoms. The molecule has 2 heteroatoms. The van der Waals surface area contributed by atoms with Crippen LogP contribution in [0.25, 0.3) is 0 Å². The monoisotopic (exact) mass is 428 g/mol. The third kappa shape index (κ3) is 4.77. The topological polar surface area (TPSA) is 9.23 Å². The Morgan fingerprint density at radius 1 is 0.778 bits per heavy atom. The first-order valence-corrected chi connectivity index (χ1v) is 11.7. The van der Waals surface area contributed by atoms with Gasteiger partial charge in [0.2, 0.25) is 0 Å². The van der Waals surface area contributed by atoms with Gasteiger partial charge in [-0.05, 0) is 55.4 Å². The minimum Gasteiger partial charge on any atom is -0.457 e. The molecular weight excluding hydrogens is 396 g/mol. The van der Waals surface area contributed by atoms with Crippen LogP contribution in [-0.4, -0.2) is 5.33 Å². The second-order valence-electron chi connectivity index (χ2n) is 8.34. The molecule has 146 valence electrons. The highest BCUT2D eigenvalue weighted by molar-refractivity contribution is 9.09. The number of benzene rings is 2. The molecule has 0 saturated heterocycles. The van der Waals surface area contributed by atoms with Crippen molar-refractivity contribution in [1.29, 1.82) is 0 Å². The molecule has 1 aliphatic heterocycles. The zero-order valence-corrected chi connectivity index (χ0v) is 18.7. The largest absolute Gasteiger partial charge is 0.457 e. The van der Waals surface area contributed by atoms with Gasteiger partial charge >= 0.3 is 0 Å². The summed E-state index contributed by atoms with van der Waals surface area (Å²) >= 11 is 3.52. The van der Waals surface area contributed by atoms with Crippen molar-refractivity contribution in [2.75, 3.05) is 5.33 Å². The number of unbranched alkanes of at least 4 members (excludes halogenated alkanes) is 4. The van der Waals surface area contributed by atoms with Crippen LogP contribution in [0.2, 0.25) is 0 Å². The molecule has 0 atom stereocenters. The Bertz CT molecular complexity index is 763. The quantitative estimate of drug-likeness (QED) is 0.290. The molecule has 2 aromatic carbocycles. The Morgan fingerprint density at radius 3 is 1.85 bits per heavy atom. The van der Waals surface area contributed by atoms with Crippen molar-refractivity contribution >= 4 is 15.9 Å². The van der Waals surface area contributed by atoms with Gasteiger partial charge in [0, 0.05) is 21.9 Å². The van der Waals surface area contributed by atoms with Crippen molar-refractivity contribution in [1.82, 2.24) is 0 Å². The lowest BCUT2D eigenvalue weighted by atomic mass is 9.74. The molecule has 2 aromatic rings. The number of halogens is 1. The molecule has 0 fully saturated rings. The van der Waals surface area contributed by atoms with E-state index < -0.39 is 0 Å². The lowest BCUT2D eigenvalue weighted by Gasteiger charge is -2.35. The van der Waals surface area contributed by atoms with Crippen LogP contribution in [0.4, 0.5) is 0 Å². The van der Waals surface area contributed by atoms with Crippen molar-refractivity contribution in [3.05, 3.63) is 58.7 Å².